The minimum Gasteiger partial charge on any atom is -0.354 e. The summed E-state index contributed by atoms with van der Waals surface area (Å²) < 4.78 is 3.32. The van der Waals surface area contributed by atoms with Gasteiger partial charge in [0.2, 0.25) is 17.7 Å². The highest BCUT2D eigenvalue weighted by molar-refractivity contribution is 6.08. The van der Waals surface area contributed by atoms with E-state index in [4.69, 9.17) is 4.98 Å². The zero-order valence-corrected chi connectivity index (χ0v) is 31.5. The lowest BCUT2D eigenvalue weighted by atomic mass is 9.83. The van der Waals surface area contributed by atoms with Crippen LogP contribution in [-0.2, 0) is 20.9 Å². The first-order valence-corrected chi connectivity index (χ1v) is 19.9. The van der Waals surface area contributed by atoms with Gasteiger partial charge in [0.25, 0.3) is 11.8 Å². The summed E-state index contributed by atoms with van der Waals surface area (Å²) in [5.41, 5.74) is 3.74. The first-order chi connectivity index (χ1) is 27.7. The Morgan fingerprint density at radius 3 is 2.49 bits per heavy atom. The lowest BCUT2D eigenvalue weighted by Crippen LogP contribution is -2.52. The van der Waals surface area contributed by atoms with Gasteiger partial charge in [-0.1, -0.05) is 12.1 Å². The lowest BCUT2D eigenvalue weighted by molar-refractivity contribution is -0.138. The molecule has 4 fully saturated rings. The van der Waals surface area contributed by atoms with Crippen molar-refractivity contribution in [3.63, 3.8) is 0 Å². The van der Waals surface area contributed by atoms with Gasteiger partial charge in [-0.05, 0) is 74.1 Å². The maximum atomic E-state index is 13.7. The Morgan fingerprint density at radius 1 is 0.947 bits per heavy atom. The molecule has 5 aliphatic rings. The molecule has 0 spiro atoms. The van der Waals surface area contributed by atoms with E-state index in [9.17, 15) is 29.2 Å². The maximum absolute atomic E-state index is 13.7. The number of hydrogen-bond donors (Lipinski definition) is 3. The lowest BCUT2D eigenvalue weighted by Gasteiger charge is -2.36. The molecule has 57 heavy (non-hydrogen) atoms. The zero-order chi connectivity index (χ0) is 39.2. The van der Waals surface area contributed by atoms with E-state index in [-0.39, 0.29) is 47.7 Å². The van der Waals surface area contributed by atoms with Crippen molar-refractivity contribution >= 4 is 46.7 Å². The molecule has 17 heteroatoms. The largest absolute Gasteiger partial charge is 0.354 e. The van der Waals surface area contributed by atoms with Crippen LogP contribution in [0.3, 0.4) is 0 Å². The second-order valence-corrected chi connectivity index (χ2v) is 15.7. The van der Waals surface area contributed by atoms with E-state index in [2.05, 4.69) is 43.2 Å². The van der Waals surface area contributed by atoms with E-state index in [1.165, 1.54) is 6.20 Å². The molecule has 17 nitrogen and oxygen atoms in total. The molecule has 0 radical (unpaired) electrons. The van der Waals surface area contributed by atoms with Crippen molar-refractivity contribution in [3.05, 3.63) is 70.8 Å². The van der Waals surface area contributed by atoms with Crippen molar-refractivity contribution in [2.24, 2.45) is 5.92 Å². The van der Waals surface area contributed by atoms with Crippen LogP contribution in [0.15, 0.2) is 42.9 Å². The maximum Gasteiger partial charge on any atom is 0.261 e. The Balaban J connectivity index is 0.782. The van der Waals surface area contributed by atoms with E-state index in [0.29, 0.717) is 61.4 Å². The third-order valence-electron chi connectivity index (χ3n) is 12.4. The summed E-state index contributed by atoms with van der Waals surface area (Å²) in [5.74, 6) is -0.245. The quantitative estimate of drug-likeness (QED) is 0.233. The average Bonchev–Trinajstić information content (AvgIpc) is 3.95. The summed E-state index contributed by atoms with van der Waals surface area (Å²) in [7, 11) is 0. The number of carbonyl (C=O) groups is 5. The Kier molecular flexibility index (Phi) is 9.65. The molecule has 1 aliphatic carbocycles. The predicted octanol–water partition coefficient (Wildman–Crippen LogP) is 2.36. The fourth-order valence-corrected chi connectivity index (χ4v) is 9.14. The molecule has 7 heterocycles. The number of hydrogen-bond acceptors (Lipinski definition) is 11. The molecule has 4 aliphatic heterocycles. The number of anilines is 2. The molecule has 3 aromatic heterocycles. The van der Waals surface area contributed by atoms with Crippen LogP contribution < -0.4 is 20.9 Å². The molecular weight excluding hydrogens is 729 g/mol. The van der Waals surface area contributed by atoms with Crippen LogP contribution in [0.1, 0.15) is 101 Å². The molecule has 3 N–H and O–H groups in total. The number of piperazine rings is 1. The molecule has 0 bridgehead atoms. The fourth-order valence-electron chi connectivity index (χ4n) is 9.14. The molecule has 5 amide bonds. The van der Waals surface area contributed by atoms with Crippen LogP contribution in [0.25, 0.3) is 5.65 Å². The van der Waals surface area contributed by atoms with Crippen LogP contribution in [0.2, 0.25) is 0 Å². The number of aromatic nitrogens is 5. The van der Waals surface area contributed by atoms with Gasteiger partial charge in [0.1, 0.15) is 23.5 Å². The van der Waals surface area contributed by atoms with E-state index < -0.39 is 17.9 Å². The third-order valence-corrected chi connectivity index (χ3v) is 12.4. The Morgan fingerprint density at radius 2 is 1.74 bits per heavy atom. The molecule has 294 valence electrons. The summed E-state index contributed by atoms with van der Waals surface area (Å²) in [4.78, 5) is 75.1. The Labute approximate surface area is 328 Å². The minimum atomic E-state index is -0.639. The van der Waals surface area contributed by atoms with Gasteiger partial charge in [-0.25, -0.2) is 9.50 Å². The van der Waals surface area contributed by atoms with E-state index in [1.807, 2.05) is 23.1 Å². The number of imide groups is 1. The van der Waals surface area contributed by atoms with Gasteiger partial charge in [-0.3, -0.25) is 34.0 Å². The molecule has 1 atom stereocenters. The molecule has 3 saturated heterocycles. The van der Waals surface area contributed by atoms with Crippen LogP contribution in [0.4, 0.5) is 11.5 Å². The van der Waals surface area contributed by atoms with Gasteiger partial charge < -0.3 is 25.3 Å². The van der Waals surface area contributed by atoms with Gasteiger partial charge in [-0.15, -0.1) is 0 Å². The Bertz CT molecular complexity index is 2310. The normalized spacial score (nSPS) is 23.0. The number of likely N-dealkylation sites (tertiary alicyclic amines) is 1. The topological polar surface area (TPSA) is 203 Å². The number of fused-ring (bicyclic) bond motifs is 2. The summed E-state index contributed by atoms with van der Waals surface area (Å²) in [6, 6.07) is 9.35. The molecule has 1 saturated carbocycles. The van der Waals surface area contributed by atoms with Gasteiger partial charge in [-0.2, -0.15) is 15.5 Å². The van der Waals surface area contributed by atoms with Crippen molar-refractivity contribution in [1.29, 1.82) is 5.26 Å². The summed E-state index contributed by atoms with van der Waals surface area (Å²) in [6.45, 7) is 4.99. The number of benzene rings is 1. The van der Waals surface area contributed by atoms with Crippen molar-refractivity contribution in [2.75, 3.05) is 49.5 Å². The minimum absolute atomic E-state index is 0.00814. The highest BCUT2D eigenvalue weighted by Crippen LogP contribution is 2.37. The fraction of sp³-hybridized carbons (Fsp3) is 0.475. The number of carbonyl (C=O) groups excluding carboxylic acids is 5. The number of nitriles is 1. The monoisotopic (exact) mass is 772 g/mol. The van der Waals surface area contributed by atoms with Gasteiger partial charge >= 0.3 is 0 Å². The SMILES string of the molecule is N#Cc1nn(C2CCC(C(=O)N3CCC(c4ccc5c(c4)C(=O)N(C4CCC(=O)NC4=O)C5)CC3)CC2)cc1NC(=O)c1cnn2ccc(N3CCNCC3)nc12. The van der Waals surface area contributed by atoms with Crippen molar-refractivity contribution in [2.45, 2.75) is 75.9 Å². The number of nitrogens with one attached hydrogen (secondary N) is 3. The second-order valence-electron chi connectivity index (χ2n) is 15.7. The second kappa shape index (κ2) is 15.1. The van der Waals surface area contributed by atoms with E-state index in [1.54, 1.807) is 26.5 Å². The number of nitrogens with zero attached hydrogens (tertiary/aromatic N) is 9. The molecule has 4 aromatic rings. The summed E-state index contributed by atoms with van der Waals surface area (Å²) in [6.07, 6.45) is 9.97. The van der Waals surface area contributed by atoms with Crippen LogP contribution >= 0.6 is 0 Å². The van der Waals surface area contributed by atoms with Gasteiger partial charge in [0.15, 0.2) is 11.3 Å². The van der Waals surface area contributed by atoms with Crippen molar-refractivity contribution in [3.8, 4) is 6.07 Å². The summed E-state index contributed by atoms with van der Waals surface area (Å²) >= 11 is 0. The molecule has 1 unspecified atom stereocenters. The standard InChI is InChI=1S/C40H44N12O5/c41-20-31-32(44-37(54)30-21-43-51-16-11-34(45-36(30)51)48-17-12-42-13-18-48)23-52(47-31)28-5-3-25(4-6-28)39(56)49-14-9-24(10-15-49)26-1-2-27-22-50(40(57)29(27)19-26)33-7-8-35(53)46-38(33)55/h1-2,11,16,19,21,23-25,28,33,42H,3-10,12-15,17-18,22H2,(H,44,54)(H,46,53,55). The van der Waals surface area contributed by atoms with E-state index >= 15 is 0 Å². The Hall–Kier alpha value is -6.15. The number of amides is 5. The first-order valence-electron chi connectivity index (χ1n) is 19.9. The molecule has 9 rings (SSSR count). The average molecular weight is 773 g/mol. The highest BCUT2D eigenvalue weighted by atomic mass is 16.2. The van der Waals surface area contributed by atoms with Crippen LogP contribution in [-0.4, -0.2) is 109 Å². The van der Waals surface area contributed by atoms with Crippen LogP contribution in [0, 0.1) is 17.2 Å². The summed E-state index contributed by atoms with van der Waals surface area (Å²) in [5, 5.41) is 27.3. The van der Waals surface area contributed by atoms with Gasteiger partial charge in [0.05, 0.1) is 24.1 Å². The smallest absolute Gasteiger partial charge is 0.261 e. The first kappa shape index (κ1) is 36.5. The van der Waals surface area contributed by atoms with Crippen molar-refractivity contribution < 1.29 is 24.0 Å². The molecular formula is C40H44N12O5. The number of piperidine rings is 2. The molecule has 1 aromatic carbocycles. The zero-order valence-electron chi connectivity index (χ0n) is 31.5. The van der Waals surface area contributed by atoms with Gasteiger partial charge in [0, 0.05) is 69.9 Å². The van der Waals surface area contributed by atoms with Crippen LogP contribution in [0.5, 0.6) is 0 Å². The van der Waals surface area contributed by atoms with E-state index in [0.717, 1.165) is 68.8 Å². The number of rotatable bonds is 7. The van der Waals surface area contributed by atoms with Crippen molar-refractivity contribution in [1.82, 2.24) is 44.8 Å². The predicted molar refractivity (Wildman–Crippen MR) is 205 cm³/mol. The third kappa shape index (κ3) is 6.98. The highest BCUT2D eigenvalue weighted by Gasteiger charge is 2.40.